The Morgan fingerprint density at radius 2 is 1.88 bits per heavy atom. The lowest BCUT2D eigenvalue weighted by Crippen LogP contribution is -2.01. The molecule has 1 aromatic rings. The van der Waals surface area contributed by atoms with Crippen LogP contribution in [0.15, 0.2) is 12.1 Å². The molecule has 0 heterocycles. The quantitative estimate of drug-likeness (QED) is 0.834. The van der Waals surface area contributed by atoms with Crippen molar-refractivity contribution in [3.8, 4) is 11.5 Å². The van der Waals surface area contributed by atoms with Crippen LogP contribution in [0.25, 0.3) is 0 Å². The van der Waals surface area contributed by atoms with Gasteiger partial charge in [0, 0.05) is 12.2 Å². The molecule has 0 amide bonds. The van der Waals surface area contributed by atoms with Gasteiger partial charge < -0.3 is 14.6 Å². The van der Waals surface area contributed by atoms with E-state index in [-0.39, 0.29) is 6.61 Å². The fourth-order valence-electron chi connectivity index (χ4n) is 1.71. The smallest absolute Gasteiger partial charge is 0.163 e. The lowest BCUT2D eigenvalue weighted by atomic mass is 9.98. The minimum absolute atomic E-state index is 0.112. The Labute approximate surface area is 97.0 Å². The number of rotatable bonds is 5. The summed E-state index contributed by atoms with van der Waals surface area (Å²) < 4.78 is 10.6. The average molecular weight is 224 g/mol. The molecule has 90 valence electrons. The van der Waals surface area contributed by atoms with Crippen LogP contribution in [0, 0.1) is 0 Å². The third-order valence-electron chi connectivity index (χ3n) is 2.63. The van der Waals surface area contributed by atoms with Crippen molar-refractivity contribution >= 4 is 0 Å². The summed E-state index contributed by atoms with van der Waals surface area (Å²) in [5, 5.41) is 9.04. The molecular weight excluding hydrogens is 204 g/mol. The highest BCUT2D eigenvalue weighted by Crippen LogP contribution is 2.35. The van der Waals surface area contributed by atoms with Gasteiger partial charge in [0.15, 0.2) is 11.5 Å². The van der Waals surface area contributed by atoms with Gasteiger partial charge >= 0.3 is 0 Å². The first-order valence-corrected chi connectivity index (χ1v) is 5.49. The minimum atomic E-state index is 0.112. The van der Waals surface area contributed by atoms with E-state index in [0.717, 1.165) is 17.1 Å². The number of ether oxygens (including phenoxy) is 2. The van der Waals surface area contributed by atoms with E-state index >= 15 is 0 Å². The molecule has 0 radical (unpaired) electrons. The molecule has 0 aliphatic carbocycles. The van der Waals surface area contributed by atoms with Gasteiger partial charge in [0.1, 0.15) is 0 Å². The van der Waals surface area contributed by atoms with Crippen molar-refractivity contribution in [2.45, 2.75) is 26.2 Å². The van der Waals surface area contributed by atoms with E-state index in [0.29, 0.717) is 12.3 Å². The first-order valence-electron chi connectivity index (χ1n) is 5.49. The van der Waals surface area contributed by atoms with Crippen LogP contribution < -0.4 is 9.47 Å². The summed E-state index contributed by atoms with van der Waals surface area (Å²) in [5.41, 5.74) is 2.19. The van der Waals surface area contributed by atoms with Gasteiger partial charge in [0.25, 0.3) is 0 Å². The molecule has 3 nitrogen and oxygen atoms in total. The standard InChI is InChI=1S/C13H20O3/c1-9(2)11-7-10(5-6-14)13(16-4)12(8-11)15-3/h7-9,14H,5-6H2,1-4H3. The fraction of sp³-hybridized carbons (Fsp3) is 0.538. The largest absolute Gasteiger partial charge is 0.493 e. The number of benzene rings is 1. The zero-order valence-electron chi connectivity index (χ0n) is 10.4. The summed E-state index contributed by atoms with van der Waals surface area (Å²) in [7, 11) is 3.25. The summed E-state index contributed by atoms with van der Waals surface area (Å²) in [6.45, 7) is 4.37. The van der Waals surface area contributed by atoms with Crippen LogP contribution in [0.5, 0.6) is 11.5 Å². The first-order chi connectivity index (χ1) is 7.63. The Morgan fingerprint density at radius 3 is 2.31 bits per heavy atom. The first kappa shape index (κ1) is 12.8. The van der Waals surface area contributed by atoms with Gasteiger partial charge in [-0.15, -0.1) is 0 Å². The van der Waals surface area contributed by atoms with Crippen molar-refractivity contribution < 1.29 is 14.6 Å². The molecule has 0 atom stereocenters. The molecule has 0 aliphatic heterocycles. The monoisotopic (exact) mass is 224 g/mol. The highest BCUT2D eigenvalue weighted by Gasteiger charge is 2.13. The predicted molar refractivity (Wildman–Crippen MR) is 64.4 cm³/mol. The molecule has 0 aliphatic rings. The van der Waals surface area contributed by atoms with Crippen LogP contribution in [0.2, 0.25) is 0 Å². The Hall–Kier alpha value is -1.22. The van der Waals surface area contributed by atoms with Crippen molar-refractivity contribution in [2.75, 3.05) is 20.8 Å². The maximum absolute atomic E-state index is 9.04. The van der Waals surface area contributed by atoms with E-state index in [1.807, 2.05) is 6.07 Å². The zero-order chi connectivity index (χ0) is 12.1. The number of hydrogen-bond acceptors (Lipinski definition) is 3. The fourth-order valence-corrected chi connectivity index (χ4v) is 1.71. The predicted octanol–water partition coefficient (Wildman–Crippen LogP) is 2.36. The van der Waals surface area contributed by atoms with E-state index in [1.165, 1.54) is 5.56 Å². The van der Waals surface area contributed by atoms with Crippen molar-refractivity contribution in [3.05, 3.63) is 23.3 Å². The number of aliphatic hydroxyl groups is 1. The van der Waals surface area contributed by atoms with Crippen molar-refractivity contribution in [2.24, 2.45) is 0 Å². The second kappa shape index (κ2) is 5.75. The average Bonchev–Trinajstić information content (AvgIpc) is 2.28. The molecule has 1 aromatic carbocycles. The van der Waals surface area contributed by atoms with Crippen LogP contribution >= 0.6 is 0 Å². The molecule has 16 heavy (non-hydrogen) atoms. The van der Waals surface area contributed by atoms with Crippen molar-refractivity contribution in [1.29, 1.82) is 0 Å². The van der Waals surface area contributed by atoms with Gasteiger partial charge in [-0.3, -0.25) is 0 Å². The molecule has 1 N–H and O–H groups in total. The van der Waals surface area contributed by atoms with E-state index in [1.54, 1.807) is 14.2 Å². The Bertz CT molecular complexity index is 345. The number of aliphatic hydroxyl groups excluding tert-OH is 1. The third kappa shape index (κ3) is 2.67. The number of hydrogen-bond donors (Lipinski definition) is 1. The molecule has 0 spiro atoms. The lowest BCUT2D eigenvalue weighted by Gasteiger charge is -2.16. The second-order valence-corrected chi connectivity index (χ2v) is 4.04. The van der Waals surface area contributed by atoms with E-state index in [4.69, 9.17) is 14.6 Å². The molecule has 0 saturated carbocycles. The van der Waals surface area contributed by atoms with Crippen LogP contribution in [-0.2, 0) is 6.42 Å². The van der Waals surface area contributed by atoms with E-state index in [2.05, 4.69) is 19.9 Å². The molecule has 3 heteroatoms. The molecule has 0 fully saturated rings. The number of methoxy groups -OCH3 is 2. The maximum Gasteiger partial charge on any atom is 0.163 e. The molecule has 0 unspecified atom stereocenters. The molecule has 1 rings (SSSR count). The SMILES string of the molecule is COc1cc(C(C)C)cc(CCO)c1OC. The summed E-state index contributed by atoms with van der Waals surface area (Å²) in [5.74, 6) is 1.88. The molecule has 0 aromatic heterocycles. The van der Waals surface area contributed by atoms with Crippen LogP contribution in [0.3, 0.4) is 0 Å². The Kier molecular flexibility index (Phi) is 4.62. The normalized spacial score (nSPS) is 10.6. The Balaban J connectivity index is 3.25. The highest BCUT2D eigenvalue weighted by atomic mass is 16.5. The van der Waals surface area contributed by atoms with Crippen molar-refractivity contribution in [1.82, 2.24) is 0 Å². The summed E-state index contributed by atoms with van der Waals surface area (Å²) in [4.78, 5) is 0. The van der Waals surface area contributed by atoms with E-state index < -0.39 is 0 Å². The van der Waals surface area contributed by atoms with Gasteiger partial charge in [0.2, 0.25) is 0 Å². The maximum atomic E-state index is 9.04. The minimum Gasteiger partial charge on any atom is -0.493 e. The summed E-state index contributed by atoms with van der Waals surface area (Å²) >= 11 is 0. The molecule has 0 bridgehead atoms. The third-order valence-corrected chi connectivity index (χ3v) is 2.63. The van der Waals surface area contributed by atoms with E-state index in [9.17, 15) is 0 Å². The van der Waals surface area contributed by atoms with Crippen molar-refractivity contribution in [3.63, 3.8) is 0 Å². The zero-order valence-corrected chi connectivity index (χ0v) is 10.4. The molecule has 0 saturated heterocycles. The van der Waals surface area contributed by atoms with Crippen LogP contribution in [-0.4, -0.2) is 25.9 Å². The van der Waals surface area contributed by atoms with Crippen LogP contribution in [0.1, 0.15) is 30.9 Å². The second-order valence-electron chi connectivity index (χ2n) is 4.04. The topological polar surface area (TPSA) is 38.7 Å². The van der Waals surface area contributed by atoms with Gasteiger partial charge in [-0.1, -0.05) is 19.9 Å². The summed E-state index contributed by atoms with van der Waals surface area (Å²) in [6.07, 6.45) is 0.583. The van der Waals surface area contributed by atoms with Gasteiger partial charge in [-0.05, 0) is 24.0 Å². The molecular formula is C13H20O3. The summed E-state index contributed by atoms with van der Waals surface area (Å²) in [6, 6.07) is 4.06. The highest BCUT2D eigenvalue weighted by molar-refractivity contribution is 5.50. The van der Waals surface area contributed by atoms with Gasteiger partial charge in [0.05, 0.1) is 14.2 Å². The Morgan fingerprint density at radius 1 is 1.19 bits per heavy atom. The van der Waals surface area contributed by atoms with Gasteiger partial charge in [-0.25, -0.2) is 0 Å². The lowest BCUT2D eigenvalue weighted by molar-refractivity contribution is 0.294. The van der Waals surface area contributed by atoms with Crippen LogP contribution in [0.4, 0.5) is 0 Å². The van der Waals surface area contributed by atoms with Gasteiger partial charge in [-0.2, -0.15) is 0 Å².